The maximum absolute atomic E-state index is 4.70. The van der Waals surface area contributed by atoms with Gasteiger partial charge in [0.25, 0.3) is 0 Å². The van der Waals surface area contributed by atoms with E-state index in [-0.39, 0.29) is 0 Å². The second-order valence-corrected chi connectivity index (χ2v) is 7.21. The molecule has 102 valence electrons. The summed E-state index contributed by atoms with van der Waals surface area (Å²) in [5.41, 5.74) is 1.22. The number of nitrogens with zero attached hydrogens (tertiary/aromatic N) is 1. The van der Waals surface area contributed by atoms with Gasteiger partial charge in [0.15, 0.2) is 0 Å². The van der Waals surface area contributed by atoms with Crippen LogP contribution in [-0.4, -0.2) is 16.8 Å². The number of hydrogen-bond acceptors (Lipinski definition) is 4. The van der Waals surface area contributed by atoms with Crippen molar-refractivity contribution in [2.24, 2.45) is 0 Å². The van der Waals surface area contributed by atoms with Crippen molar-refractivity contribution in [1.82, 2.24) is 10.3 Å². The highest BCUT2D eigenvalue weighted by atomic mass is 32.2. The molecule has 18 heavy (non-hydrogen) atoms. The minimum absolute atomic E-state index is 0.893. The molecule has 0 aromatic carbocycles. The Morgan fingerprint density at radius 1 is 1.39 bits per heavy atom. The zero-order valence-corrected chi connectivity index (χ0v) is 12.9. The Labute approximate surface area is 119 Å². The number of thiazole rings is 1. The van der Waals surface area contributed by atoms with Crippen molar-refractivity contribution in [2.45, 2.75) is 63.0 Å². The van der Waals surface area contributed by atoms with Crippen molar-refractivity contribution in [2.75, 3.05) is 6.54 Å². The van der Waals surface area contributed by atoms with Gasteiger partial charge in [-0.3, -0.25) is 0 Å². The summed E-state index contributed by atoms with van der Waals surface area (Å²) in [6.45, 7) is 4.21. The van der Waals surface area contributed by atoms with Crippen LogP contribution in [0.1, 0.15) is 56.2 Å². The highest BCUT2D eigenvalue weighted by molar-refractivity contribution is 7.99. The second-order valence-electron chi connectivity index (χ2n) is 4.98. The average molecular weight is 284 g/mol. The third-order valence-corrected chi connectivity index (χ3v) is 5.79. The highest BCUT2D eigenvalue weighted by Gasteiger charge is 2.14. The molecular weight excluding hydrogens is 260 g/mol. The van der Waals surface area contributed by atoms with Crippen LogP contribution in [0.4, 0.5) is 0 Å². The Bertz CT molecular complexity index is 332. The van der Waals surface area contributed by atoms with E-state index in [1.54, 1.807) is 0 Å². The summed E-state index contributed by atoms with van der Waals surface area (Å²) in [6.07, 6.45) is 8.33. The zero-order chi connectivity index (χ0) is 12.6. The monoisotopic (exact) mass is 284 g/mol. The van der Waals surface area contributed by atoms with Crippen LogP contribution in [-0.2, 0) is 12.3 Å². The Morgan fingerprint density at radius 3 is 3.00 bits per heavy atom. The minimum atomic E-state index is 0.893. The zero-order valence-electron chi connectivity index (χ0n) is 11.3. The van der Waals surface area contributed by atoms with E-state index in [1.807, 2.05) is 11.3 Å². The third-order valence-electron chi connectivity index (χ3n) is 3.33. The number of aromatic nitrogens is 1. The molecule has 0 atom stereocenters. The second kappa shape index (κ2) is 8.18. The van der Waals surface area contributed by atoms with Gasteiger partial charge in [0.2, 0.25) is 0 Å². The predicted octanol–water partition coefficient (Wildman–Crippen LogP) is 4.21. The lowest BCUT2D eigenvalue weighted by Gasteiger charge is -2.20. The minimum Gasteiger partial charge on any atom is -0.311 e. The molecule has 1 heterocycles. The van der Waals surface area contributed by atoms with Crippen molar-refractivity contribution < 1.29 is 0 Å². The van der Waals surface area contributed by atoms with Gasteiger partial charge in [-0.25, -0.2) is 4.98 Å². The van der Waals surface area contributed by atoms with Gasteiger partial charge in [-0.05, 0) is 25.8 Å². The molecule has 2 nitrogen and oxygen atoms in total. The molecule has 2 rings (SSSR count). The van der Waals surface area contributed by atoms with E-state index < -0.39 is 0 Å². The molecule has 0 saturated heterocycles. The van der Waals surface area contributed by atoms with Crippen LogP contribution in [0.3, 0.4) is 0 Å². The van der Waals surface area contributed by atoms with Crippen molar-refractivity contribution in [3.63, 3.8) is 0 Å². The third kappa shape index (κ3) is 4.90. The molecule has 1 aliphatic carbocycles. The fourth-order valence-corrected chi connectivity index (χ4v) is 4.47. The number of rotatable bonds is 7. The molecule has 0 aliphatic heterocycles. The summed E-state index contributed by atoms with van der Waals surface area (Å²) >= 11 is 3.94. The lowest BCUT2D eigenvalue weighted by atomic mass is 10.0. The van der Waals surface area contributed by atoms with Crippen LogP contribution in [0, 0.1) is 0 Å². The summed E-state index contributed by atoms with van der Waals surface area (Å²) in [4.78, 5) is 4.70. The molecule has 1 saturated carbocycles. The van der Waals surface area contributed by atoms with Gasteiger partial charge in [0.1, 0.15) is 5.01 Å². The van der Waals surface area contributed by atoms with Crippen molar-refractivity contribution in [1.29, 1.82) is 0 Å². The van der Waals surface area contributed by atoms with Gasteiger partial charge in [-0.1, -0.05) is 26.2 Å². The molecular formula is C14H24N2S2. The summed E-state index contributed by atoms with van der Waals surface area (Å²) in [5.74, 6) is 1.11. The number of nitrogens with one attached hydrogen (secondary N) is 1. The largest absolute Gasteiger partial charge is 0.311 e. The van der Waals surface area contributed by atoms with Gasteiger partial charge in [0.05, 0.1) is 5.69 Å². The summed E-state index contributed by atoms with van der Waals surface area (Å²) in [6, 6.07) is 0. The standard InChI is InChI=1S/C14H24N2S2/c1-2-8-15-9-12-10-18-14(16-12)11-17-13-6-4-3-5-7-13/h10,13,15H,2-9,11H2,1H3. The average Bonchev–Trinajstić information content (AvgIpc) is 2.86. The molecule has 0 spiro atoms. The first kappa shape index (κ1) is 14.4. The molecule has 4 heteroatoms. The van der Waals surface area contributed by atoms with E-state index >= 15 is 0 Å². The molecule has 1 N–H and O–H groups in total. The normalized spacial score (nSPS) is 17.2. The van der Waals surface area contributed by atoms with Crippen LogP contribution >= 0.6 is 23.1 Å². The lowest BCUT2D eigenvalue weighted by Crippen LogP contribution is -2.14. The van der Waals surface area contributed by atoms with Crippen LogP contribution in [0.5, 0.6) is 0 Å². The maximum atomic E-state index is 4.70. The highest BCUT2D eigenvalue weighted by Crippen LogP contribution is 2.31. The molecule has 1 aromatic rings. The Morgan fingerprint density at radius 2 is 2.22 bits per heavy atom. The molecule has 1 aliphatic rings. The Balaban J connectivity index is 1.69. The van der Waals surface area contributed by atoms with Gasteiger partial charge in [-0.15, -0.1) is 11.3 Å². The van der Waals surface area contributed by atoms with Crippen molar-refractivity contribution in [3.05, 3.63) is 16.1 Å². The van der Waals surface area contributed by atoms with Crippen LogP contribution in [0.25, 0.3) is 0 Å². The van der Waals surface area contributed by atoms with E-state index in [0.29, 0.717) is 0 Å². The van der Waals surface area contributed by atoms with Gasteiger partial charge >= 0.3 is 0 Å². The lowest BCUT2D eigenvalue weighted by molar-refractivity contribution is 0.516. The molecule has 0 amide bonds. The maximum Gasteiger partial charge on any atom is 0.103 e. The van der Waals surface area contributed by atoms with Crippen LogP contribution in [0.2, 0.25) is 0 Å². The van der Waals surface area contributed by atoms with E-state index in [1.165, 1.54) is 49.2 Å². The fraction of sp³-hybridized carbons (Fsp3) is 0.786. The van der Waals surface area contributed by atoms with E-state index in [0.717, 1.165) is 24.1 Å². The molecule has 1 aromatic heterocycles. The number of hydrogen-bond donors (Lipinski definition) is 1. The summed E-state index contributed by atoms with van der Waals surface area (Å²) in [5, 5.41) is 7.81. The molecule has 0 radical (unpaired) electrons. The molecule has 0 bridgehead atoms. The first-order valence-electron chi connectivity index (χ1n) is 7.14. The quantitative estimate of drug-likeness (QED) is 0.759. The van der Waals surface area contributed by atoms with Crippen molar-refractivity contribution in [3.8, 4) is 0 Å². The Hall–Kier alpha value is -0.0600. The predicted molar refractivity (Wildman–Crippen MR) is 82.3 cm³/mol. The van der Waals surface area contributed by atoms with Crippen LogP contribution < -0.4 is 5.32 Å². The smallest absolute Gasteiger partial charge is 0.103 e. The Kier molecular flexibility index (Phi) is 6.52. The fourth-order valence-electron chi connectivity index (χ4n) is 2.31. The van der Waals surface area contributed by atoms with E-state index in [2.05, 4.69) is 29.4 Å². The SMILES string of the molecule is CCCNCc1csc(CSC2CCCCC2)n1. The first-order valence-corrected chi connectivity index (χ1v) is 9.07. The first-order chi connectivity index (χ1) is 8.88. The summed E-state index contributed by atoms with van der Waals surface area (Å²) in [7, 11) is 0. The van der Waals surface area contributed by atoms with E-state index in [4.69, 9.17) is 4.98 Å². The number of thioether (sulfide) groups is 1. The topological polar surface area (TPSA) is 24.9 Å². The summed E-state index contributed by atoms with van der Waals surface area (Å²) < 4.78 is 0. The van der Waals surface area contributed by atoms with Crippen LogP contribution in [0.15, 0.2) is 5.38 Å². The van der Waals surface area contributed by atoms with E-state index in [9.17, 15) is 0 Å². The molecule has 0 unspecified atom stereocenters. The van der Waals surface area contributed by atoms with Gasteiger partial charge in [-0.2, -0.15) is 11.8 Å². The van der Waals surface area contributed by atoms with Gasteiger partial charge in [0, 0.05) is 22.9 Å². The van der Waals surface area contributed by atoms with Gasteiger partial charge < -0.3 is 5.32 Å². The van der Waals surface area contributed by atoms with Crippen molar-refractivity contribution >= 4 is 23.1 Å². The molecule has 1 fully saturated rings.